The van der Waals surface area contributed by atoms with E-state index in [1.807, 2.05) is 24.3 Å². The zero-order chi connectivity index (χ0) is 26.8. The van der Waals surface area contributed by atoms with Gasteiger partial charge in [0.15, 0.2) is 0 Å². The zero-order valence-electron chi connectivity index (χ0n) is 20.0. The third-order valence-electron chi connectivity index (χ3n) is 6.42. The van der Waals surface area contributed by atoms with Crippen LogP contribution in [0.1, 0.15) is 44.6 Å². The number of amides is 1. The average Bonchev–Trinajstić information content (AvgIpc) is 3.17. The van der Waals surface area contributed by atoms with Crippen LogP contribution >= 0.6 is 0 Å². The predicted molar refractivity (Wildman–Crippen MR) is 128 cm³/mol. The van der Waals surface area contributed by atoms with Gasteiger partial charge in [-0.15, -0.1) is 0 Å². The number of rotatable bonds is 8. The third kappa shape index (κ3) is 6.10. The molecular formula is C28H25F4NO4. The summed E-state index contributed by atoms with van der Waals surface area (Å²) < 4.78 is 60.3. The van der Waals surface area contributed by atoms with Crippen LogP contribution in [0.5, 0.6) is 5.75 Å². The smallest absolute Gasteiger partial charge is 0.419 e. The number of carboxylic acids is 1. The summed E-state index contributed by atoms with van der Waals surface area (Å²) in [5.41, 5.74) is 0.633. The monoisotopic (exact) mass is 515 g/mol. The van der Waals surface area contributed by atoms with Crippen LogP contribution in [0.4, 0.5) is 17.6 Å². The molecule has 1 amide bonds. The summed E-state index contributed by atoms with van der Waals surface area (Å²) in [4.78, 5) is 24.7. The molecule has 0 spiro atoms. The highest BCUT2D eigenvalue weighted by atomic mass is 19.4. The zero-order valence-corrected chi connectivity index (χ0v) is 20.0. The van der Waals surface area contributed by atoms with E-state index in [-0.39, 0.29) is 37.9 Å². The average molecular weight is 516 g/mol. The molecule has 0 aliphatic heterocycles. The van der Waals surface area contributed by atoms with Gasteiger partial charge in [0.25, 0.3) is 5.91 Å². The Hall–Kier alpha value is -3.88. The topological polar surface area (TPSA) is 75.6 Å². The lowest BCUT2D eigenvalue weighted by Gasteiger charge is -2.29. The molecule has 0 aromatic heterocycles. The highest BCUT2D eigenvalue weighted by Gasteiger charge is 2.41. The number of nitrogens with one attached hydrogen (secondary N) is 1. The second kappa shape index (κ2) is 10.2. The van der Waals surface area contributed by atoms with Gasteiger partial charge in [-0.2, -0.15) is 13.2 Å². The molecule has 3 aromatic rings. The number of carbonyl (C=O) groups is 2. The van der Waals surface area contributed by atoms with Gasteiger partial charge in [-0.05, 0) is 60.7 Å². The Balaban J connectivity index is 1.56. The van der Waals surface area contributed by atoms with Crippen LogP contribution in [0.3, 0.4) is 0 Å². The summed E-state index contributed by atoms with van der Waals surface area (Å²) in [6, 6.07) is 14.6. The molecule has 37 heavy (non-hydrogen) atoms. The Bertz CT molecular complexity index is 1310. The first-order chi connectivity index (χ1) is 17.5. The second-order valence-corrected chi connectivity index (χ2v) is 9.33. The molecule has 5 nitrogen and oxygen atoms in total. The Morgan fingerprint density at radius 3 is 2.32 bits per heavy atom. The van der Waals surface area contributed by atoms with Crippen LogP contribution < -0.4 is 10.1 Å². The molecule has 4 rings (SSSR count). The van der Waals surface area contributed by atoms with Gasteiger partial charge in [-0.25, -0.2) is 4.39 Å². The Labute approximate surface area is 211 Å². The molecule has 0 atom stereocenters. The number of alkyl halides is 3. The standard InChI is InChI=1S/C28H25F4NO4/c1-17-6-9-23(29)18(12-17)10-11-37-24-13-19(7-8-22(24)28(30,31)32)26(36)33-27(16-25(34)35)14-20-4-2-3-5-21(20)15-27/h2-9,12-13H,10-11,14-16H2,1H3,(H,33,36)(H,34,35). The highest BCUT2D eigenvalue weighted by Crippen LogP contribution is 2.37. The lowest BCUT2D eigenvalue weighted by molar-refractivity contribution is -0.139. The normalized spacial score (nSPS) is 14.2. The van der Waals surface area contributed by atoms with Crippen molar-refractivity contribution in [2.24, 2.45) is 0 Å². The summed E-state index contributed by atoms with van der Waals surface area (Å²) in [7, 11) is 0. The van der Waals surface area contributed by atoms with Gasteiger partial charge in [0, 0.05) is 12.0 Å². The van der Waals surface area contributed by atoms with E-state index in [1.54, 1.807) is 19.1 Å². The van der Waals surface area contributed by atoms with E-state index < -0.39 is 40.7 Å². The van der Waals surface area contributed by atoms with Gasteiger partial charge >= 0.3 is 12.1 Å². The summed E-state index contributed by atoms with van der Waals surface area (Å²) >= 11 is 0. The highest BCUT2D eigenvalue weighted by molar-refractivity contribution is 5.95. The van der Waals surface area contributed by atoms with Gasteiger partial charge in [0.2, 0.25) is 0 Å². The van der Waals surface area contributed by atoms with E-state index in [0.717, 1.165) is 34.9 Å². The largest absolute Gasteiger partial charge is 0.493 e. The Morgan fingerprint density at radius 1 is 1.03 bits per heavy atom. The summed E-state index contributed by atoms with van der Waals surface area (Å²) in [6.07, 6.45) is -4.49. The number of carbonyl (C=O) groups excluding carboxylic acids is 1. The van der Waals surface area contributed by atoms with Crippen molar-refractivity contribution < 1.29 is 37.0 Å². The fourth-order valence-electron chi connectivity index (χ4n) is 4.74. The molecule has 9 heteroatoms. The maximum atomic E-state index is 14.0. The summed E-state index contributed by atoms with van der Waals surface area (Å²) in [5, 5.41) is 12.2. The van der Waals surface area contributed by atoms with Crippen molar-refractivity contribution >= 4 is 11.9 Å². The van der Waals surface area contributed by atoms with Gasteiger partial charge < -0.3 is 15.2 Å². The number of benzene rings is 3. The van der Waals surface area contributed by atoms with Crippen molar-refractivity contribution in [1.82, 2.24) is 5.32 Å². The van der Waals surface area contributed by atoms with E-state index in [4.69, 9.17) is 4.74 Å². The number of hydrogen-bond acceptors (Lipinski definition) is 3. The van der Waals surface area contributed by atoms with E-state index in [9.17, 15) is 32.3 Å². The molecule has 0 unspecified atom stereocenters. The van der Waals surface area contributed by atoms with E-state index in [0.29, 0.717) is 5.56 Å². The minimum Gasteiger partial charge on any atom is -0.493 e. The molecule has 3 aromatic carbocycles. The van der Waals surface area contributed by atoms with E-state index in [2.05, 4.69) is 5.32 Å². The number of ether oxygens (including phenoxy) is 1. The van der Waals surface area contributed by atoms with Crippen molar-refractivity contribution in [2.75, 3.05) is 6.61 Å². The Kier molecular flexibility index (Phi) is 7.25. The summed E-state index contributed by atoms with van der Waals surface area (Å²) in [5.74, 6) is -2.86. The predicted octanol–water partition coefficient (Wildman–Crippen LogP) is 5.52. The first-order valence-electron chi connectivity index (χ1n) is 11.7. The van der Waals surface area contributed by atoms with Gasteiger partial charge in [0.1, 0.15) is 11.6 Å². The molecule has 1 aliphatic rings. The quantitative estimate of drug-likeness (QED) is 0.388. The van der Waals surface area contributed by atoms with Crippen LogP contribution in [-0.2, 0) is 30.2 Å². The minimum absolute atomic E-state index is 0.0290. The van der Waals surface area contributed by atoms with Crippen molar-refractivity contribution in [3.8, 4) is 5.75 Å². The molecule has 0 saturated carbocycles. The fraction of sp³-hybridized carbons (Fsp3) is 0.286. The molecule has 2 N–H and O–H groups in total. The lowest BCUT2D eigenvalue weighted by atomic mass is 9.91. The number of aryl methyl sites for hydroxylation is 1. The van der Waals surface area contributed by atoms with Crippen molar-refractivity contribution in [3.05, 3.63) is 99.9 Å². The first kappa shape index (κ1) is 26.2. The number of hydrogen-bond donors (Lipinski definition) is 2. The van der Waals surface area contributed by atoms with Gasteiger partial charge in [-0.3, -0.25) is 9.59 Å². The Morgan fingerprint density at radius 2 is 1.70 bits per heavy atom. The molecule has 194 valence electrons. The molecule has 0 bridgehead atoms. The van der Waals surface area contributed by atoms with Gasteiger partial charge in [0.05, 0.1) is 24.1 Å². The van der Waals surface area contributed by atoms with E-state index >= 15 is 0 Å². The molecule has 0 fully saturated rings. The second-order valence-electron chi connectivity index (χ2n) is 9.33. The van der Waals surface area contributed by atoms with Crippen LogP contribution in [0.15, 0.2) is 60.7 Å². The van der Waals surface area contributed by atoms with Crippen LogP contribution in [-0.4, -0.2) is 29.1 Å². The summed E-state index contributed by atoms with van der Waals surface area (Å²) in [6.45, 7) is 1.53. The fourth-order valence-corrected chi connectivity index (χ4v) is 4.74. The maximum absolute atomic E-state index is 14.0. The number of halogens is 4. The van der Waals surface area contributed by atoms with Crippen molar-refractivity contribution in [3.63, 3.8) is 0 Å². The maximum Gasteiger partial charge on any atom is 0.419 e. The number of fused-ring (bicyclic) bond motifs is 1. The third-order valence-corrected chi connectivity index (χ3v) is 6.42. The van der Waals surface area contributed by atoms with E-state index in [1.165, 1.54) is 6.07 Å². The molecule has 0 heterocycles. The molecule has 0 radical (unpaired) electrons. The number of carboxylic acid groups (broad SMARTS) is 1. The molecular weight excluding hydrogens is 490 g/mol. The van der Waals surface area contributed by atoms with Crippen LogP contribution in [0.2, 0.25) is 0 Å². The SMILES string of the molecule is Cc1ccc(F)c(CCOc2cc(C(=O)NC3(CC(=O)O)Cc4ccccc4C3)ccc2C(F)(F)F)c1. The first-order valence-corrected chi connectivity index (χ1v) is 11.7. The van der Waals surface area contributed by atoms with Gasteiger partial charge in [-0.1, -0.05) is 42.0 Å². The van der Waals surface area contributed by atoms with Crippen molar-refractivity contribution in [2.45, 2.75) is 44.3 Å². The van der Waals surface area contributed by atoms with Crippen molar-refractivity contribution in [1.29, 1.82) is 0 Å². The lowest BCUT2D eigenvalue weighted by Crippen LogP contribution is -2.50. The molecule has 0 saturated heterocycles. The number of aliphatic carboxylic acids is 1. The molecule has 1 aliphatic carbocycles. The van der Waals surface area contributed by atoms with Crippen LogP contribution in [0, 0.1) is 12.7 Å². The van der Waals surface area contributed by atoms with Crippen LogP contribution in [0.25, 0.3) is 0 Å². The minimum atomic E-state index is -4.74.